The molecule has 0 fully saturated rings. The molecule has 3 nitrogen and oxygen atoms in total. The Labute approximate surface area is 115 Å². The predicted molar refractivity (Wildman–Crippen MR) is 75.6 cm³/mol. The number of rotatable bonds is 3. The fourth-order valence-corrected chi connectivity index (χ4v) is 1.94. The summed E-state index contributed by atoms with van der Waals surface area (Å²) < 4.78 is 15.3. The van der Waals surface area contributed by atoms with Crippen LogP contribution in [0.4, 0.5) is 14.9 Å². The Morgan fingerprint density at radius 1 is 1.05 bits per heavy atom. The summed E-state index contributed by atoms with van der Waals surface area (Å²) in [6, 6.07) is 13.1. The summed E-state index contributed by atoms with van der Waals surface area (Å²) in [6.07, 6.45) is 0. The lowest BCUT2D eigenvalue weighted by molar-refractivity contribution is 0.257. The maximum Gasteiger partial charge on any atom is 0.329 e. The second kappa shape index (κ2) is 6.24. The third kappa shape index (κ3) is 4.30. The molecule has 0 aliphatic carbocycles. The van der Waals surface area contributed by atoms with E-state index in [9.17, 15) is 9.18 Å². The van der Waals surface area contributed by atoms with E-state index in [2.05, 4.69) is 10.0 Å². The number of nitrogens with one attached hydrogen (secondary N) is 2. The van der Waals surface area contributed by atoms with Gasteiger partial charge in [-0.25, -0.2) is 9.18 Å². The summed E-state index contributed by atoms with van der Waals surface area (Å²) in [4.78, 5) is 12.5. The number of benzene rings is 2. The first-order valence-electron chi connectivity index (χ1n) is 5.69. The van der Waals surface area contributed by atoms with Crippen molar-refractivity contribution in [3.63, 3.8) is 0 Å². The van der Waals surface area contributed by atoms with Gasteiger partial charge in [-0.2, -0.15) is 0 Å². The number of hydrogen-bond donors (Lipinski definition) is 2. The maximum atomic E-state index is 12.7. The minimum Gasteiger partial charge on any atom is -0.307 e. The van der Waals surface area contributed by atoms with Crippen LogP contribution in [0.1, 0.15) is 5.56 Å². The first-order chi connectivity index (χ1) is 9.13. The molecule has 0 bridgehead atoms. The van der Waals surface area contributed by atoms with Crippen LogP contribution in [0, 0.1) is 12.7 Å². The van der Waals surface area contributed by atoms with Gasteiger partial charge in [0, 0.05) is 10.6 Å². The van der Waals surface area contributed by atoms with Gasteiger partial charge in [0.2, 0.25) is 0 Å². The van der Waals surface area contributed by atoms with Crippen LogP contribution < -0.4 is 10.0 Å². The number of hydrogen-bond acceptors (Lipinski definition) is 2. The van der Waals surface area contributed by atoms with Gasteiger partial charge in [0.1, 0.15) is 5.82 Å². The van der Waals surface area contributed by atoms with Crippen molar-refractivity contribution in [3.8, 4) is 0 Å². The Balaban J connectivity index is 1.84. The van der Waals surface area contributed by atoms with Gasteiger partial charge < -0.3 is 5.32 Å². The molecular weight excluding hydrogens is 263 g/mol. The van der Waals surface area contributed by atoms with Gasteiger partial charge in [0.25, 0.3) is 0 Å². The lowest BCUT2D eigenvalue weighted by Gasteiger charge is -2.06. The fourth-order valence-electron chi connectivity index (χ4n) is 1.40. The Kier molecular flexibility index (Phi) is 4.41. The van der Waals surface area contributed by atoms with E-state index in [0.717, 1.165) is 4.90 Å². The summed E-state index contributed by atoms with van der Waals surface area (Å²) in [5.74, 6) is -0.333. The number of amides is 2. The molecule has 2 rings (SSSR count). The highest BCUT2D eigenvalue weighted by Gasteiger charge is 2.02. The summed E-state index contributed by atoms with van der Waals surface area (Å²) in [5.41, 5.74) is 1.71. The van der Waals surface area contributed by atoms with E-state index in [0.29, 0.717) is 5.69 Å². The Bertz CT molecular complexity index is 555. The van der Waals surface area contributed by atoms with Gasteiger partial charge in [-0.15, -0.1) is 0 Å². The largest absolute Gasteiger partial charge is 0.329 e. The van der Waals surface area contributed by atoms with Gasteiger partial charge in [0.05, 0.1) is 0 Å². The zero-order chi connectivity index (χ0) is 13.7. The topological polar surface area (TPSA) is 41.1 Å². The zero-order valence-corrected chi connectivity index (χ0v) is 11.1. The first-order valence-corrected chi connectivity index (χ1v) is 6.51. The highest BCUT2D eigenvalue weighted by atomic mass is 32.2. The molecule has 0 aliphatic rings. The minimum absolute atomic E-state index is 0.333. The first kappa shape index (κ1) is 13.4. The zero-order valence-electron chi connectivity index (χ0n) is 10.3. The normalized spacial score (nSPS) is 10.0. The van der Waals surface area contributed by atoms with Crippen molar-refractivity contribution in [1.29, 1.82) is 0 Å². The summed E-state index contributed by atoms with van der Waals surface area (Å²) in [7, 11) is 0. The van der Waals surface area contributed by atoms with Crippen molar-refractivity contribution in [2.75, 3.05) is 5.32 Å². The lowest BCUT2D eigenvalue weighted by Crippen LogP contribution is -2.22. The van der Waals surface area contributed by atoms with Crippen LogP contribution in [-0.2, 0) is 0 Å². The highest BCUT2D eigenvalue weighted by Crippen LogP contribution is 2.15. The number of carbonyl (C=O) groups excluding carboxylic acids is 1. The van der Waals surface area contributed by atoms with Gasteiger partial charge in [-0.1, -0.05) is 17.7 Å². The molecule has 0 heterocycles. The number of urea groups is 1. The van der Waals surface area contributed by atoms with E-state index in [-0.39, 0.29) is 11.8 Å². The number of aryl methyl sites for hydroxylation is 1. The molecule has 2 aromatic rings. The summed E-state index contributed by atoms with van der Waals surface area (Å²) in [6.45, 7) is 2.00. The van der Waals surface area contributed by atoms with E-state index in [4.69, 9.17) is 0 Å². The molecule has 0 saturated heterocycles. The van der Waals surface area contributed by atoms with Gasteiger partial charge in [-0.3, -0.25) is 4.72 Å². The van der Waals surface area contributed by atoms with Crippen LogP contribution >= 0.6 is 11.9 Å². The van der Waals surface area contributed by atoms with Crippen LogP contribution in [0.25, 0.3) is 0 Å². The molecule has 0 radical (unpaired) electrons. The smallest absolute Gasteiger partial charge is 0.307 e. The Hall–Kier alpha value is -2.01. The molecule has 0 aliphatic heterocycles. The molecule has 19 heavy (non-hydrogen) atoms. The quantitative estimate of drug-likeness (QED) is 0.833. The molecule has 5 heteroatoms. The van der Waals surface area contributed by atoms with Crippen molar-refractivity contribution in [2.24, 2.45) is 0 Å². The summed E-state index contributed by atoms with van der Waals surface area (Å²) in [5, 5.41) is 2.61. The van der Waals surface area contributed by atoms with E-state index in [1.807, 2.05) is 31.2 Å². The highest BCUT2D eigenvalue weighted by molar-refractivity contribution is 7.98. The monoisotopic (exact) mass is 276 g/mol. The van der Waals surface area contributed by atoms with Gasteiger partial charge in [-0.05, 0) is 55.3 Å². The summed E-state index contributed by atoms with van der Waals surface area (Å²) >= 11 is 1.22. The molecule has 0 unspecified atom stereocenters. The average Bonchev–Trinajstić information content (AvgIpc) is 2.41. The number of anilines is 1. The third-order valence-electron chi connectivity index (χ3n) is 2.38. The molecule has 98 valence electrons. The SMILES string of the molecule is Cc1ccc(SNC(=O)Nc2ccc(F)cc2)cc1. The number of halogens is 1. The van der Waals surface area contributed by atoms with Crippen LogP contribution in [0.15, 0.2) is 53.4 Å². The molecule has 2 aromatic carbocycles. The fraction of sp³-hybridized carbons (Fsp3) is 0.0714. The lowest BCUT2D eigenvalue weighted by atomic mass is 10.2. The molecule has 2 amide bonds. The standard InChI is InChI=1S/C14H13FN2OS/c1-10-2-8-13(9-3-10)19-17-14(18)16-12-6-4-11(15)5-7-12/h2-9H,1H3,(H2,16,17,18). The van der Waals surface area contributed by atoms with Crippen LogP contribution in [0.3, 0.4) is 0 Å². The number of carbonyl (C=O) groups is 1. The molecule has 0 atom stereocenters. The van der Waals surface area contributed by atoms with Crippen LogP contribution in [0.5, 0.6) is 0 Å². The maximum absolute atomic E-state index is 12.7. The van der Waals surface area contributed by atoms with E-state index in [1.54, 1.807) is 0 Å². The average molecular weight is 276 g/mol. The van der Waals surface area contributed by atoms with Crippen molar-refractivity contribution >= 4 is 23.7 Å². The van der Waals surface area contributed by atoms with Gasteiger partial charge >= 0.3 is 6.03 Å². The second-order valence-electron chi connectivity index (χ2n) is 3.98. The Morgan fingerprint density at radius 3 is 2.32 bits per heavy atom. The van der Waals surface area contributed by atoms with Crippen LogP contribution in [0.2, 0.25) is 0 Å². The van der Waals surface area contributed by atoms with E-state index < -0.39 is 0 Å². The van der Waals surface area contributed by atoms with Gasteiger partial charge in [0.15, 0.2) is 0 Å². The molecule has 0 spiro atoms. The van der Waals surface area contributed by atoms with Crippen molar-refractivity contribution < 1.29 is 9.18 Å². The second-order valence-corrected chi connectivity index (χ2v) is 4.86. The molecule has 2 N–H and O–H groups in total. The Morgan fingerprint density at radius 2 is 1.68 bits per heavy atom. The molecule has 0 saturated carbocycles. The predicted octanol–water partition coefficient (Wildman–Crippen LogP) is 3.96. The van der Waals surface area contributed by atoms with Crippen molar-refractivity contribution in [2.45, 2.75) is 11.8 Å². The van der Waals surface area contributed by atoms with E-state index >= 15 is 0 Å². The molecular formula is C14H13FN2OS. The third-order valence-corrected chi connectivity index (χ3v) is 3.18. The van der Waals surface area contributed by atoms with E-state index in [1.165, 1.54) is 41.8 Å². The minimum atomic E-state index is -0.350. The molecule has 0 aromatic heterocycles. The van der Waals surface area contributed by atoms with Crippen molar-refractivity contribution in [3.05, 3.63) is 59.9 Å². The van der Waals surface area contributed by atoms with Crippen LogP contribution in [-0.4, -0.2) is 6.03 Å². The van der Waals surface area contributed by atoms with Crippen molar-refractivity contribution in [1.82, 2.24) is 4.72 Å².